The lowest BCUT2D eigenvalue weighted by molar-refractivity contribution is 0.221. The van der Waals surface area contributed by atoms with Gasteiger partial charge in [0.2, 0.25) is 10.0 Å². The molecule has 1 heterocycles. The summed E-state index contributed by atoms with van der Waals surface area (Å²) in [4.78, 5) is 0. The number of fused-ring (bicyclic) bond motifs is 2. The molecule has 37 heavy (non-hydrogen) atoms. The average Bonchev–Trinajstić information content (AvgIpc) is 3.41. The minimum absolute atomic E-state index is 0.0883. The van der Waals surface area contributed by atoms with E-state index in [-0.39, 0.29) is 35.3 Å². The molecule has 0 saturated heterocycles. The van der Waals surface area contributed by atoms with Crippen molar-refractivity contribution in [1.29, 1.82) is 0 Å². The van der Waals surface area contributed by atoms with Crippen LogP contribution in [0.15, 0.2) is 60.3 Å². The molecule has 3 aromatic rings. The molecule has 5 nitrogen and oxygen atoms in total. The Labute approximate surface area is 217 Å². The standard InChI is InChI=1S/C29H33F2N3O2S/c1-3-16-37(35,36)33(15-14-21-6-4-5-7-27(21)31)20-24-9-8-23-17-28-22(18-29(23,24)2)19-32-34(28)26-12-10-25(30)11-13-26/h4-7,10-13,17,19,24H,3,8-9,14-16,18,20H2,1-2H3/t24-,29+/m1/s1. The van der Waals surface area contributed by atoms with E-state index in [1.54, 1.807) is 34.6 Å². The van der Waals surface area contributed by atoms with Crippen molar-refractivity contribution in [3.63, 3.8) is 0 Å². The van der Waals surface area contributed by atoms with Gasteiger partial charge in [-0.05, 0) is 91.0 Å². The zero-order chi connectivity index (χ0) is 26.2. The number of sulfonamides is 1. The van der Waals surface area contributed by atoms with E-state index in [1.165, 1.54) is 23.8 Å². The molecule has 0 N–H and O–H groups in total. The normalized spacial score (nSPS) is 21.1. The first-order chi connectivity index (χ1) is 17.7. The van der Waals surface area contributed by atoms with Gasteiger partial charge in [0.15, 0.2) is 0 Å². The fraction of sp³-hybridized carbons (Fsp3) is 0.414. The molecule has 2 aromatic carbocycles. The zero-order valence-electron chi connectivity index (χ0n) is 21.3. The van der Waals surface area contributed by atoms with Crippen molar-refractivity contribution in [2.75, 3.05) is 18.8 Å². The van der Waals surface area contributed by atoms with Crippen molar-refractivity contribution >= 4 is 16.1 Å². The van der Waals surface area contributed by atoms with E-state index in [9.17, 15) is 17.2 Å². The molecule has 1 aromatic heterocycles. The minimum Gasteiger partial charge on any atom is -0.233 e. The summed E-state index contributed by atoms with van der Waals surface area (Å²) >= 11 is 0. The van der Waals surface area contributed by atoms with Crippen LogP contribution >= 0.6 is 0 Å². The number of allylic oxidation sites excluding steroid dienone is 1. The monoisotopic (exact) mass is 525 g/mol. The van der Waals surface area contributed by atoms with Gasteiger partial charge in [-0.2, -0.15) is 5.10 Å². The topological polar surface area (TPSA) is 55.2 Å². The van der Waals surface area contributed by atoms with Crippen molar-refractivity contribution < 1.29 is 17.2 Å². The van der Waals surface area contributed by atoms with Gasteiger partial charge in [0.25, 0.3) is 0 Å². The number of hydrogen-bond donors (Lipinski definition) is 0. The molecule has 2 aliphatic carbocycles. The fourth-order valence-electron chi connectivity index (χ4n) is 5.94. The number of hydrogen-bond acceptors (Lipinski definition) is 3. The molecular weight excluding hydrogens is 492 g/mol. The van der Waals surface area contributed by atoms with Gasteiger partial charge in [-0.1, -0.05) is 37.6 Å². The van der Waals surface area contributed by atoms with Gasteiger partial charge in [0.05, 0.1) is 23.3 Å². The highest BCUT2D eigenvalue weighted by Gasteiger charge is 2.46. The molecule has 0 amide bonds. The second kappa shape index (κ2) is 10.1. The molecule has 8 heteroatoms. The van der Waals surface area contributed by atoms with Crippen LogP contribution in [0, 0.1) is 23.0 Å². The predicted octanol–water partition coefficient (Wildman–Crippen LogP) is 5.79. The zero-order valence-corrected chi connectivity index (χ0v) is 22.1. The number of aromatic nitrogens is 2. The van der Waals surface area contributed by atoms with Crippen LogP contribution in [0.2, 0.25) is 0 Å². The number of halogens is 2. The predicted molar refractivity (Wildman–Crippen MR) is 142 cm³/mol. The van der Waals surface area contributed by atoms with Crippen LogP contribution in [0.5, 0.6) is 0 Å². The second-order valence-electron chi connectivity index (χ2n) is 10.5. The minimum atomic E-state index is -3.46. The maximum atomic E-state index is 14.3. The first-order valence-electron chi connectivity index (χ1n) is 13.0. The van der Waals surface area contributed by atoms with E-state index < -0.39 is 10.0 Å². The quantitative estimate of drug-likeness (QED) is 0.355. The van der Waals surface area contributed by atoms with Crippen LogP contribution in [0.3, 0.4) is 0 Å². The van der Waals surface area contributed by atoms with Gasteiger partial charge in [0.1, 0.15) is 11.6 Å². The van der Waals surface area contributed by atoms with Gasteiger partial charge < -0.3 is 0 Å². The largest absolute Gasteiger partial charge is 0.233 e. The van der Waals surface area contributed by atoms with Gasteiger partial charge in [-0.3, -0.25) is 0 Å². The van der Waals surface area contributed by atoms with Crippen molar-refractivity contribution in [1.82, 2.24) is 14.1 Å². The Bertz CT molecular complexity index is 1420. The number of nitrogens with zero attached hydrogens (tertiary/aromatic N) is 3. The summed E-state index contributed by atoms with van der Waals surface area (Å²) in [5, 5.41) is 4.58. The Morgan fingerprint density at radius 2 is 1.89 bits per heavy atom. The molecule has 0 radical (unpaired) electrons. The lowest BCUT2D eigenvalue weighted by atomic mass is 9.70. The Morgan fingerprint density at radius 3 is 2.62 bits per heavy atom. The van der Waals surface area contributed by atoms with Crippen LogP contribution < -0.4 is 0 Å². The van der Waals surface area contributed by atoms with E-state index >= 15 is 0 Å². The third-order valence-corrected chi connectivity index (χ3v) is 10.1. The van der Waals surface area contributed by atoms with E-state index in [4.69, 9.17) is 0 Å². The molecule has 196 valence electrons. The van der Waals surface area contributed by atoms with Crippen LogP contribution in [0.4, 0.5) is 8.78 Å². The third kappa shape index (κ3) is 5.01. The lowest BCUT2D eigenvalue weighted by Gasteiger charge is -2.38. The maximum absolute atomic E-state index is 14.3. The van der Waals surface area contributed by atoms with E-state index in [0.29, 0.717) is 24.9 Å². The Morgan fingerprint density at radius 1 is 1.14 bits per heavy atom. The number of benzene rings is 2. The summed E-state index contributed by atoms with van der Waals surface area (Å²) in [6, 6.07) is 12.9. The Kier molecular flexibility index (Phi) is 7.07. The summed E-state index contributed by atoms with van der Waals surface area (Å²) in [5.74, 6) is -0.350. The highest BCUT2D eigenvalue weighted by atomic mass is 32.2. The SMILES string of the molecule is CCCS(=O)(=O)N(CCc1ccccc1F)C[C@H]1CCC2=Cc3c(cnn3-c3ccc(F)cc3)C[C@@]21C. The third-order valence-electron chi connectivity index (χ3n) is 8.09. The molecule has 2 aliphatic rings. The first-order valence-corrected chi connectivity index (χ1v) is 14.6. The fourth-order valence-corrected chi connectivity index (χ4v) is 7.49. The van der Waals surface area contributed by atoms with E-state index in [1.807, 2.05) is 17.8 Å². The van der Waals surface area contributed by atoms with E-state index in [0.717, 1.165) is 36.2 Å². The van der Waals surface area contributed by atoms with Gasteiger partial charge >= 0.3 is 0 Å². The molecule has 0 unspecified atom stereocenters. The van der Waals surface area contributed by atoms with Crippen LogP contribution in [0.1, 0.15) is 49.9 Å². The van der Waals surface area contributed by atoms with Crippen molar-refractivity contribution in [3.8, 4) is 5.69 Å². The van der Waals surface area contributed by atoms with Crippen LogP contribution in [0.25, 0.3) is 11.8 Å². The second-order valence-corrected chi connectivity index (χ2v) is 12.5. The summed E-state index contributed by atoms with van der Waals surface area (Å²) in [7, 11) is -3.46. The summed E-state index contributed by atoms with van der Waals surface area (Å²) < 4.78 is 57.6. The molecule has 2 atom stereocenters. The van der Waals surface area contributed by atoms with Crippen LogP contribution in [-0.4, -0.2) is 41.3 Å². The van der Waals surface area contributed by atoms with Gasteiger partial charge in [0, 0.05) is 13.1 Å². The summed E-state index contributed by atoms with van der Waals surface area (Å²) in [6.07, 6.45) is 7.51. The molecular formula is C29H33F2N3O2S. The molecule has 0 spiro atoms. The summed E-state index contributed by atoms with van der Waals surface area (Å²) in [5.41, 5.74) is 4.58. The highest BCUT2D eigenvalue weighted by molar-refractivity contribution is 7.89. The first kappa shape index (κ1) is 25.8. The molecule has 5 rings (SSSR count). The molecule has 0 bridgehead atoms. The Hall–Kier alpha value is -2.84. The highest BCUT2D eigenvalue weighted by Crippen LogP contribution is 2.53. The van der Waals surface area contributed by atoms with Crippen molar-refractivity contribution in [2.24, 2.45) is 11.3 Å². The maximum Gasteiger partial charge on any atom is 0.214 e. The smallest absolute Gasteiger partial charge is 0.214 e. The van der Waals surface area contributed by atoms with Crippen LogP contribution in [-0.2, 0) is 22.9 Å². The van der Waals surface area contributed by atoms with E-state index in [2.05, 4.69) is 18.1 Å². The molecule has 1 saturated carbocycles. The Balaban J connectivity index is 1.39. The number of rotatable bonds is 9. The van der Waals surface area contributed by atoms with Gasteiger partial charge in [-0.15, -0.1) is 0 Å². The van der Waals surface area contributed by atoms with Gasteiger partial charge in [-0.25, -0.2) is 26.2 Å². The van der Waals surface area contributed by atoms with Crippen molar-refractivity contribution in [3.05, 3.63) is 88.8 Å². The average molecular weight is 526 g/mol. The van der Waals surface area contributed by atoms with Crippen molar-refractivity contribution in [2.45, 2.75) is 46.0 Å². The molecule has 1 fully saturated rings. The molecule has 0 aliphatic heterocycles. The summed E-state index contributed by atoms with van der Waals surface area (Å²) in [6.45, 7) is 4.79. The lowest BCUT2D eigenvalue weighted by Crippen LogP contribution is -2.42.